The first-order valence-electron chi connectivity index (χ1n) is 8.80. The minimum absolute atomic E-state index is 0.0435. The van der Waals surface area contributed by atoms with Crippen LogP contribution in [0.5, 0.6) is 0 Å². The Kier molecular flexibility index (Phi) is 6.21. The van der Waals surface area contributed by atoms with Gasteiger partial charge in [0, 0.05) is 43.7 Å². The molecular formula is C19H19ClFN3O4S. The van der Waals surface area contributed by atoms with Crippen molar-refractivity contribution < 1.29 is 22.4 Å². The van der Waals surface area contributed by atoms with Gasteiger partial charge in [0.15, 0.2) is 0 Å². The van der Waals surface area contributed by atoms with E-state index in [0.717, 1.165) is 6.07 Å². The quantitative estimate of drug-likeness (QED) is 0.793. The Morgan fingerprint density at radius 3 is 2.38 bits per heavy atom. The number of halogens is 2. The summed E-state index contributed by atoms with van der Waals surface area (Å²) in [5.74, 6) is -1.45. The standard InChI is InChI=1S/C19H19ClFN3O4S/c1-13(25)23-7-9-24(10-8-23)29(27,28)16-4-2-3-14(11-16)19(26)22-18-6-5-15(20)12-17(18)21/h2-6,11-12H,7-10H2,1H3,(H,22,26). The van der Waals surface area contributed by atoms with Crippen molar-refractivity contribution in [3.05, 3.63) is 58.9 Å². The number of sulfonamides is 1. The van der Waals surface area contributed by atoms with Gasteiger partial charge in [0.1, 0.15) is 5.82 Å². The SMILES string of the molecule is CC(=O)N1CCN(S(=O)(=O)c2cccc(C(=O)Nc3ccc(Cl)cc3F)c2)CC1. The topological polar surface area (TPSA) is 86.8 Å². The summed E-state index contributed by atoms with van der Waals surface area (Å²) in [6.07, 6.45) is 0. The van der Waals surface area contributed by atoms with Crippen molar-refractivity contribution in [3.8, 4) is 0 Å². The van der Waals surface area contributed by atoms with Gasteiger partial charge in [-0.3, -0.25) is 9.59 Å². The molecule has 7 nitrogen and oxygen atoms in total. The highest BCUT2D eigenvalue weighted by Crippen LogP contribution is 2.22. The van der Waals surface area contributed by atoms with Gasteiger partial charge in [-0.2, -0.15) is 4.31 Å². The fourth-order valence-corrected chi connectivity index (χ4v) is 4.60. The van der Waals surface area contributed by atoms with Crippen LogP contribution in [0.25, 0.3) is 0 Å². The van der Waals surface area contributed by atoms with E-state index in [1.54, 1.807) is 4.90 Å². The Labute approximate surface area is 173 Å². The third-order valence-electron chi connectivity index (χ3n) is 4.60. The Balaban J connectivity index is 1.78. The molecule has 1 aliphatic rings. The van der Waals surface area contributed by atoms with E-state index in [-0.39, 0.29) is 40.2 Å². The number of carbonyl (C=O) groups excluding carboxylic acids is 2. The molecule has 0 bridgehead atoms. The lowest BCUT2D eigenvalue weighted by Crippen LogP contribution is -2.49. The first-order valence-corrected chi connectivity index (χ1v) is 10.6. The van der Waals surface area contributed by atoms with Crippen molar-refractivity contribution in [1.82, 2.24) is 9.21 Å². The summed E-state index contributed by atoms with van der Waals surface area (Å²) < 4.78 is 41.0. The molecule has 10 heteroatoms. The first-order chi connectivity index (χ1) is 13.7. The van der Waals surface area contributed by atoms with Crippen molar-refractivity contribution in [2.45, 2.75) is 11.8 Å². The van der Waals surface area contributed by atoms with Crippen LogP contribution in [-0.4, -0.2) is 55.6 Å². The molecule has 3 rings (SSSR count). The van der Waals surface area contributed by atoms with Crippen LogP contribution in [0.3, 0.4) is 0 Å². The molecule has 0 aliphatic carbocycles. The Morgan fingerprint density at radius 2 is 1.76 bits per heavy atom. The van der Waals surface area contributed by atoms with Gasteiger partial charge in [-0.25, -0.2) is 12.8 Å². The number of benzene rings is 2. The molecule has 0 radical (unpaired) electrons. The van der Waals surface area contributed by atoms with Gasteiger partial charge < -0.3 is 10.2 Å². The van der Waals surface area contributed by atoms with E-state index in [4.69, 9.17) is 11.6 Å². The maximum absolute atomic E-state index is 13.9. The summed E-state index contributed by atoms with van der Waals surface area (Å²) in [6, 6.07) is 9.36. The van der Waals surface area contributed by atoms with Crippen LogP contribution >= 0.6 is 11.6 Å². The number of piperazine rings is 1. The van der Waals surface area contributed by atoms with E-state index >= 15 is 0 Å². The molecule has 0 atom stereocenters. The largest absolute Gasteiger partial charge is 0.340 e. The number of rotatable bonds is 4. The molecule has 2 aromatic carbocycles. The number of anilines is 1. The van der Waals surface area contributed by atoms with E-state index < -0.39 is 21.7 Å². The molecule has 2 aromatic rings. The maximum atomic E-state index is 13.9. The molecular weight excluding hydrogens is 421 g/mol. The molecule has 0 unspecified atom stereocenters. The summed E-state index contributed by atoms with van der Waals surface area (Å²) in [5, 5.41) is 2.60. The summed E-state index contributed by atoms with van der Waals surface area (Å²) in [6.45, 7) is 2.41. The zero-order valence-corrected chi connectivity index (χ0v) is 17.1. The van der Waals surface area contributed by atoms with Gasteiger partial charge in [0.25, 0.3) is 5.91 Å². The van der Waals surface area contributed by atoms with Crippen molar-refractivity contribution in [1.29, 1.82) is 0 Å². The van der Waals surface area contributed by atoms with Gasteiger partial charge in [-0.1, -0.05) is 17.7 Å². The van der Waals surface area contributed by atoms with Crippen molar-refractivity contribution in [2.75, 3.05) is 31.5 Å². The van der Waals surface area contributed by atoms with Crippen molar-refractivity contribution in [3.63, 3.8) is 0 Å². The molecule has 1 saturated heterocycles. The van der Waals surface area contributed by atoms with Crippen LogP contribution in [0.15, 0.2) is 47.4 Å². The van der Waals surface area contributed by atoms with E-state index in [1.165, 1.54) is 47.6 Å². The molecule has 0 spiro atoms. The maximum Gasteiger partial charge on any atom is 0.255 e. The molecule has 1 N–H and O–H groups in total. The van der Waals surface area contributed by atoms with Crippen LogP contribution in [0.2, 0.25) is 5.02 Å². The van der Waals surface area contributed by atoms with Gasteiger partial charge in [-0.15, -0.1) is 0 Å². The summed E-state index contributed by atoms with van der Waals surface area (Å²) in [5.41, 5.74) is 0.0100. The monoisotopic (exact) mass is 439 g/mol. The van der Waals surface area contributed by atoms with Gasteiger partial charge >= 0.3 is 0 Å². The van der Waals surface area contributed by atoms with Crippen LogP contribution in [0.4, 0.5) is 10.1 Å². The first kappa shape index (κ1) is 21.2. The average molecular weight is 440 g/mol. The van der Waals surface area contributed by atoms with Crippen molar-refractivity contribution in [2.24, 2.45) is 0 Å². The highest BCUT2D eigenvalue weighted by atomic mass is 35.5. The van der Waals surface area contributed by atoms with Crippen molar-refractivity contribution >= 4 is 39.1 Å². The van der Waals surface area contributed by atoms with Gasteiger partial charge in [0.05, 0.1) is 10.6 Å². The zero-order valence-electron chi connectivity index (χ0n) is 15.6. The minimum atomic E-state index is -3.83. The van der Waals surface area contributed by atoms with Crippen LogP contribution in [0.1, 0.15) is 17.3 Å². The van der Waals surface area contributed by atoms with E-state index in [0.29, 0.717) is 13.1 Å². The Hall–Kier alpha value is -2.49. The molecule has 2 amide bonds. The van der Waals surface area contributed by atoms with Crippen LogP contribution in [0, 0.1) is 5.82 Å². The Bertz CT molecular complexity index is 1050. The smallest absolute Gasteiger partial charge is 0.255 e. The van der Waals surface area contributed by atoms with Crippen LogP contribution in [-0.2, 0) is 14.8 Å². The molecule has 1 fully saturated rings. The summed E-state index contributed by atoms with van der Waals surface area (Å²) in [7, 11) is -3.83. The molecule has 154 valence electrons. The number of nitrogens with one attached hydrogen (secondary N) is 1. The zero-order chi connectivity index (χ0) is 21.2. The number of carbonyl (C=O) groups is 2. The molecule has 1 heterocycles. The third kappa shape index (κ3) is 4.75. The highest BCUT2D eigenvalue weighted by molar-refractivity contribution is 7.89. The number of nitrogens with zero attached hydrogens (tertiary/aromatic N) is 2. The second kappa shape index (κ2) is 8.48. The fraction of sp³-hybridized carbons (Fsp3) is 0.263. The number of amides is 2. The second-order valence-electron chi connectivity index (χ2n) is 6.52. The molecule has 0 aromatic heterocycles. The predicted octanol–water partition coefficient (Wildman–Crippen LogP) is 2.58. The lowest BCUT2D eigenvalue weighted by molar-refractivity contribution is -0.129. The molecule has 29 heavy (non-hydrogen) atoms. The van der Waals surface area contributed by atoms with E-state index in [2.05, 4.69) is 5.32 Å². The number of hydrogen-bond acceptors (Lipinski definition) is 4. The summed E-state index contributed by atoms with van der Waals surface area (Å²) in [4.78, 5) is 25.4. The fourth-order valence-electron chi connectivity index (χ4n) is 2.98. The lowest BCUT2D eigenvalue weighted by Gasteiger charge is -2.33. The normalized spacial score (nSPS) is 15.2. The third-order valence-corrected chi connectivity index (χ3v) is 6.73. The van der Waals surface area contributed by atoms with Gasteiger partial charge in [-0.05, 0) is 36.4 Å². The van der Waals surface area contributed by atoms with E-state index in [9.17, 15) is 22.4 Å². The second-order valence-corrected chi connectivity index (χ2v) is 8.89. The van der Waals surface area contributed by atoms with E-state index in [1.807, 2.05) is 0 Å². The molecule has 1 aliphatic heterocycles. The summed E-state index contributed by atoms with van der Waals surface area (Å²) >= 11 is 5.70. The minimum Gasteiger partial charge on any atom is -0.340 e. The molecule has 0 saturated carbocycles. The van der Waals surface area contributed by atoms with Gasteiger partial charge in [0.2, 0.25) is 15.9 Å². The highest BCUT2D eigenvalue weighted by Gasteiger charge is 2.29. The average Bonchev–Trinajstić information content (AvgIpc) is 2.70. The lowest BCUT2D eigenvalue weighted by atomic mass is 10.2. The van der Waals surface area contributed by atoms with Crippen LogP contribution < -0.4 is 5.32 Å². The number of hydrogen-bond donors (Lipinski definition) is 1. The Morgan fingerprint density at radius 1 is 1.07 bits per heavy atom. The predicted molar refractivity (Wildman–Crippen MR) is 107 cm³/mol.